The highest BCUT2D eigenvalue weighted by atomic mass is 19.4. The lowest BCUT2D eigenvalue weighted by Crippen LogP contribution is -2.47. The Morgan fingerprint density at radius 2 is 1.63 bits per heavy atom. The first-order valence-electron chi connectivity index (χ1n) is 8.50. The zero-order valence-corrected chi connectivity index (χ0v) is 14.9. The van der Waals surface area contributed by atoms with Crippen LogP contribution in [0.15, 0.2) is 48.5 Å². The molecule has 3 rings (SSSR count). The first kappa shape index (κ1) is 18.9. The van der Waals surface area contributed by atoms with E-state index >= 15 is 0 Å². The van der Waals surface area contributed by atoms with Crippen LogP contribution in [0.25, 0.3) is 0 Å². The fourth-order valence-corrected chi connectivity index (χ4v) is 3.10. The van der Waals surface area contributed by atoms with Gasteiger partial charge in [-0.15, -0.1) is 0 Å². The van der Waals surface area contributed by atoms with Gasteiger partial charge in [-0.2, -0.15) is 13.2 Å². The van der Waals surface area contributed by atoms with Crippen molar-refractivity contribution in [3.05, 3.63) is 59.7 Å². The second-order valence-corrected chi connectivity index (χ2v) is 6.96. The summed E-state index contributed by atoms with van der Waals surface area (Å²) in [5.74, 6) is -1.23. The molecule has 0 aliphatic carbocycles. The van der Waals surface area contributed by atoms with Crippen molar-refractivity contribution >= 4 is 23.2 Å². The van der Waals surface area contributed by atoms with Crippen LogP contribution in [0.5, 0.6) is 0 Å². The van der Waals surface area contributed by atoms with E-state index in [9.17, 15) is 22.8 Å². The topological polar surface area (TPSA) is 49.4 Å². The number of hydrogen-bond acceptors (Lipinski definition) is 2. The van der Waals surface area contributed by atoms with E-state index in [1.54, 1.807) is 12.1 Å². The lowest BCUT2D eigenvalue weighted by atomic mass is 9.90. The van der Waals surface area contributed by atoms with Crippen molar-refractivity contribution in [2.24, 2.45) is 5.41 Å². The second-order valence-electron chi connectivity index (χ2n) is 6.96. The van der Waals surface area contributed by atoms with E-state index in [0.29, 0.717) is 13.0 Å². The molecule has 0 saturated carbocycles. The number of alkyl halides is 3. The van der Waals surface area contributed by atoms with E-state index in [1.165, 1.54) is 36.9 Å². The molecule has 2 aromatic carbocycles. The summed E-state index contributed by atoms with van der Waals surface area (Å²) in [7, 11) is 0. The van der Waals surface area contributed by atoms with Crippen LogP contribution in [-0.2, 0) is 22.2 Å². The van der Waals surface area contributed by atoms with Crippen molar-refractivity contribution < 1.29 is 22.8 Å². The van der Waals surface area contributed by atoms with Crippen molar-refractivity contribution in [3.63, 3.8) is 0 Å². The molecule has 7 heteroatoms. The minimum atomic E-state index is -4.61. The predicted molar refractivity (Wildman–Crippen MR) is 96.4 cm³/mol. The van der Waals surface area contributed by atoms with Crippen LogP contribution >= 0.6 is 0 Å². The minimum absolute atomic E-state index is 0.363. The summed E-state index contributed by atoms with van der Waals surface area (Å²) < 4.78 is 39.4. The minimum Gasteiger partial charge on any atom is -0.325 e. The molecule has 142 valence electrons. The maximum absolute atomic E-state index is 13.1. The molecule has 0 unspecified atom stereocenters. The summed E-state index contributed by atoms with van der Waals surface area (Å²) in [6.07, 6.45) is -3.93. The molecule has 2 amide bonds. The number of fused-ring (bicyclic) bond motifs is 1. The van der Waals surface area contributed by atoms with Crippen LogP contribution in [0.3, 0.4) is 0 Å². The monoisotopic (exact) mass is 376 g/mol. The molecule has 0 fully saturated rings. The van der Waals surface area contributed by atoms with Crippen LogP contribution in [0.4, 0.5) is 24.5 Å². The number of hydrogen-bond donors (Lipinski definition) is 1. The van der Waals surface area contributed by atoms with Crippen molar-refractivity contribution in [2.75, 3.05) is 16.8 Å². The molecular weight excluding hydrogens is 357 g/mol. The Morgan fingerprint density at radius 1 is 1.00 bits per heavy atom. The molecule has 0 radical (unpaired) electrons. The summed E-state index contributed by atoms with van der Waals surface area (Å²) in [5, 5.41) is 2.28. The van der Waals surface area contributed by atoms with E-state index in [0.717, 1.165) is 17.3 Å². The predicted octanol–water partition coefficient (Wildman–Crippen LogP) is 4.26. The lowest BCUT2D eigenvalue weighted by Gasteiger charge is -2.29. The van der Waals surface area contributed by atoms with Gasteiger partial charge in [-0.25, -0.2) is 0 Å². The van der Waals surface area contributed by atoms with E-state index < -0.39 is 29.0 Å². The Bertz CT molecular complexity index is 891. The van der Waals surface area contributed by atoms with Crippen molar-refractivity contribution in [2.45, 2.75) is 26.4 Å². The SMILES string of the molecule is CC(C)(C(=O)Nc1ccccc1C(F)(F)F)C(=O)N1CCc2ccccc21. The molecule has 0 aromatic heterocycles. The van der Waals surface area contributed by atoms with Crippen LogP contribution in [0.2, 0.25) is 0 Å². The lowest BCUT2D eigenvalue weighted by molar-refractivity contribution is -0.137. The smallest absolute Gasteiger partial charge is 0.325 e. The first-order chi connectivity index (χ1) is 12.6. The molecular formula is C20H19F3N2O2. The van der Waals surface area contributed by atoms with E-state index in [4.69, 9.17) is 0 Å². The van der Waals surface area contributed by atoms with Crippen LogP contribution in [0.1, 0.15) is 25.0 Å². The summed E-state index contributed by atoms with van der Waals surface area (Å²) >= 11 is 0. The summed E-state index contributed by atoms with van der Waals surface area (Å²) in [4.78, 5) is 27.2. The molecule has 0 spiro atoms. The number of amides is 2. The summed E-state index contributed by atoms with van der Waals surface area (Å²) in [6, 6.07) is 12.1. The largest absolute Gasteiger partial charge is 0.418 e. The first-order valence-corrected chi connectivity index (χ1v) is 8.50. The number of anilines is 2. The Hall–Kier alpha value is -2.83. The standard InChI is InChI=1S/C20H19F3N2O2/c1-19(2,18(27)25-12-11-13-7-3-6-10-16(13)25)17(26)24-15-9-5-4-8-14(15)20(21,22)23/h3-10H,11-12H2,1-2H3,(H,24,26). The zero-order chi connectivity index (χ0) is 19.8. The number of halogens is 3. The quantitative estimate of drug-likeness (QED) is 0.814. The number of para-hydroxylation sites is 2. The summed E-state index contributed by atoms with van der Waals surface area (Å²) in [5.41, 5.74) is -1.11. The van der Waals surface area contributed by atoms with Gasteiger partial charge < -0.3 is 10.2 Å². The third kappa shape index (κ3) is 3.54. The van der Waals surface area contributed by atoms with Gasteiger partial charge in [-0.3, -0.25) is 9.59 Å². The average Bonchev–Trinajstić information content (AvgIpc) is 3.04. The maximum atomic E-state index is 13.1. The van der Waals surface area contributed by atoms with Gasteiger partial charge in [0.15, 0.2) is 0 Å². The Kier molecular flexibility index (Phi) is 4.71. The molecule has 1 aliphatic rings. The number of nitrogens with one attached hydrogen (secondary N) is 1. The van der Waals surface area contributed by atoms with Crippen LogP contribution in [0, 0.1) is 5.41 Å². The molecule has 27 heavy (non-hydrogen) atoms. The molecule has 0 saturated heterocycles. The van der Waals surface area contributed by atoms with Gasteiger partial charge in [0.25, 0.3) is 0 Å². The van der Waals surface area contributed by atoms with E-state index in [2.05, 4.69) is 5.32 Å². The Labute approximate surface area is 155 Å². The molecule has 0 atom stereocenters. The van der Waals surface area contributed by atoms with Crippen LogP contribution in [-0.4, -0.2) is 18.4 Å². The van der Waals surface area contributed by atoms with Gasteiger partial charge in [0.05, 0.1) is 11.3 Å². The van der Waals surface area contributed by atoms with Gasteiger partial charge in [-0.05, 0) is 44.0 Å². The fourth-order valence-electron chi connectivity index (χ4n) is 3.10. The molecule has 1 heterocycles. The summed E-state index contributed by atoms with van der Waals surface area (Å²) in [6.45, 7) is 3.28. The Morgan fingerprint density at radius 3 is 2.33 bits per heavy atom. The van der Waals surface area contributed by atoms with Crippen molar-refractivity contribution in [3.8, 4) is 0 Å². The third-order valence-corrected chi connectivity index (χ3v) is 4.72. The van der Waals surface area contributed by atoms with E-state index in [1.807, 2.05) is 12.1 Å². The van der Waals surface area contributed by atoms with E-state index in [-0.39, 0.29) is 5.69 Å². The number of benzene rings is 2. The maximum Gasteiger partial charge on any atom is 0.418 e. The molecule has 0 bridgehead atoms. The third-order valence-electron chi connectivity index (χ3n) is 4.72. The molecule has 1 N–H and O–H groups in total. The van der Waals surface area contributed by atoms with Gasteiger partial charge in [0.2, 0.25) is 11.8 Å². The fraction of sp³-hybridized carbons (Fsp3) is 0.300. The second kappa shape index (κ2) is 6.72. The van der Waals surface area contributed by atoms with Gasteiger partial charge in [0, 0.05) is 12.2 Å². The van der Waals surface area contributed by atoms with Crippen molar-refractivity contribution in [1.29, 1.82) is 0 Å². The van der Waals surface area contributed by atoms with Gasteiger partial charge in [-0.1, -0.05) is 30.3 Å². The van der Waals surface area contributed by atoms with Crippen molar-refractivity contribution in [1.82, 2.24) is 0 Å². The zero-order valence-electron chi connectivity index (χ0n) is 14.9. The van der Waals surface area contributed by atoms with Crippen LogP contribution < -0.4 is 10.2 Å². The number of carbonyl (C=O) groups is 2. The number of nitrogens with zero attached hydrogens (tertiary/aromatic N) is 1. The Balaban J connectivity index is 1.84. The number of carbonyl (C=O) groups excluding carboxylic acids is 2. The van der Waals surface area contributed by atoms with Gasteiger partial charge >= 0.3 is 6.18 Å². The number of rotatable bonds is 3. The highest BCUT2D eigenvalue weighted by Gasteiger charge is 2.42. The average molecular weight is 376 g/mol. The highest BCUT2D eigenvalue weighted by molar-refractivity contribution is 6.15. The normalized spacial score (nSPS) is 14.0. The molecule has 1 aliphatic heterocycles. The molecule has 2 aromatic rings. The highest BCUT2D eigenvalue weighted by Crippen LogP contribution is 2.36. The van der Waals surface area contributed by atoms with Gasteiger partial charge in [0.1, 0.15) is 5.41 Å². The molecule has 4 nitrogen and oxygen atoms in total.